The quantitative estimate of drug-likeness (QED) is 0.226. The SMILES string of the molecule is COc1cc(OC)cc(-c2nnc(S/C(=C\c3cc(C)n(-c4ccc(Cl)cc4)c3C)C(=O)O)o2)c1. The number of aromatic nitrogens is 3. The molecule has 0 amide bonds. The zero-order chi connectivity index (χ0) is 25.1. The first-order valence-electron chi connectivity index (χ1n) is 10.4. The van der Waals surface area contributed by atoms with Crippen molar-refractivity contribution in [1.82, 2.24) is 14.8 Å². The Morgan fingerprint density at radius 2 is 1.71 bits per heavy atom. The predicted molar refractivity (Wildman–Crippen MR) is 135 cm³/mol. The Hall–Kier alpha value is -3.69. The number of nitrogens with zero attached hydrogens (tertiary/aromatic N) is 3. The van der Waals surface area contributed by atoms with Crippen LogP contribution >= 0.6 is 23.4 Å². The maximum Gasteiger partial charge on any atom is 0.342 e. The van der Waals surface area contributed by atoms with Crippen molar-refractivity contribution in [3.8, 4) is 28.6 Å². The molecule has 2 heterocycles. The number of carbonyl (C=O) groups is 1. The number of hydrogen-bond acceptors (Lipinski definition) is 7. The van der Waals surface area contributed by atoms with Gasteiger partial charge in [-0.2, -0.15) is 0 Å². The number of carboxylic acid groups (broad SMARTS) is 1. The van der Waals surface area contributed by atoms with E-state index >= 15 is 0 Å². The van der Waals surface area contributed by atoms with E-state index in [0.29, 0.717) is 22.1 Å². The Kier molecular flexibility index (Phi) is 7.18. The lowest BCUT2D eigenvalue weighted by Crippen LogP contribution is -1.99. The van der Waals surface area contributed by atoms with Gasteiger partial charge < -0.3 is 23.6 Å². The van der Waals surface area contributed by atoms with Gasteiger partial charge in [-0.3, -0.25) is 0 Å². The highest BCUT2D eigenvalue weighted by atomic mass is 35.5. The van der Waals surface area contributed by atoms with E-state index in [9.17, 15) is 9.90 Å². The van der Waals surface area contributed by atoms with Gasteiger partial charge in [-0.15, -0.1) is 10.2 Å². The second-order valence-electron chi connectivity index (χ2n) is 7.53. The van der Waals surface area contributed by atoms with E-state index in [1.165, 1.54) is 0 Å². The monoisotopic (exact) mass is 511 g/mol. The standard InChI is InChI=1S/C25H22ClN3O5S/c1-14-9-16(15(2)29(14)19-7-5-18(26)6-8-19)12-22(24(30)31)35-25-28-27-23(34-25)17-10-20(32-3)13-21(11-17)33-4/h5-13H,1-4H3,(H,30,31)/b22-12-. The van der Waals surface area contributed by atoms with Crippen molar-refractivity contribution < 1.29 is 23.8 Å². The summed E-state index contributed by atoms with van der Waals surface area (Å²) in [6, 6.07) is 14.6. The van der Waals surface area contributed by atoms with Crippen molar-refractivity contribution in [2.75, 3.05) is 14.2 Å². The summed E-state index contributed by atoms with van der Waals surface area (Å²) in [6.45, 7) is 3.89. The number of rotatable bonds is 8. The zero-order valence-corrected chi connectivity index (χ0v) is 21.0. The van der Waals surface area contributed by atoms with Gasteiger partial charge in [-0.05, 0) is 79.7 Å². The van der Waals surface area contributed by atoms with Gasteiger partial charge in [-0.25, -0.2) is 4.79 Å². The molecule has 0 spiro atoms. The number of benzene rings is 2. The molecule has 0 aliphatic heterocycles. The minimum atomic E-state index is -1.10. The van der Waals surface area contributed by atoms with Gasteiger partial charge in [0.05, 0.1) is 14.2 Å². The summed E-state index contributed by atoms with van der Waals surface area (Å²) in [6.07, 6.45) is 1.60. The molecule has 4 aromatic rings. The van der Waals surface area contributed by atoms with Crippen LogP contribution < -0.4 is 9.47 Å². The Labute approximate surface area is 211 Å². The molecule has 8 nitrogen and oxygen atoms in total. The fraction of sp³-hybridized carbons (Fsp3) is 0.160. The van der Waals surface area contributed by atoms with Crippen LogP contribution in [0, 0.1) is 13.8 Å². The fourth-order valence-corrected chi connectivity index (χ4v) is 4.38. The van der Waals surface area contributed by atoms with Crippen LogP contribution in [0.3, 0.4) is 0 Å². The minimum Gasteiger partial charge on any atom is -0.497 e. The Morgan fingerprint density at radius 3 is 2.31 bits per heavy atom. The number of carboxylic acids is 1. The third-order valence-electron chi connectivity index (χ3n) is 5.25. The van der Waals surface area contributed by atoms with Gasteiger partial charge in [0.1, 0.15) is 16.4 Å². The molecule has 0 aliphatic carbocycles. The highest BCUT2D eigenvalue weighted by molar-refractivity contribution is 8.03. The van der Waals surface area contributed by atoms with E-state index in [0.717, 1.165) is 34.4 Å². The zero-order valence-electron chi connectivity index (χ0n) is 19.4. The summed E-state index contributed by atoms with van der Waals surface area (Å²) in [4.78, 5) is 12.1. The third-order valence-corrected chi connectivity index (χ3v) is 6.36. The van der Waals surface area contributed by atoms with E-state index < -0.39 is 5.97 Å². The molecular weight excluding hydrogens is 490 g/mol. The van der Waals surface area contributed by atoms with Gasteiger partial charge in [0, 0.05) is 33.7 Å². The molecule has 0 saturated carbocycles. The lowest BCUT2D eigenvalue weighted by molar-refractivity contribution is -0.131. The van der Waals surface area contributed by atoms with Crippen LogP contribution in [0.15, 0.2) is 63.1 Å². The highest BCUT2D eigenvalue weighted by Gasteiger charge is 2.19. The molecule has 35 heavy (non-hydrogen) atoms. The second kappa shape index (κ2) is 10.3. The van der Waals surface area contributed by atoms with Gasteiger partial charge >= 0.3 is 5.97 Å². The summed E-state index contributed by atoms with van der Waals surface area (Å²) >= 11 is 6.90. The number of aliphatic carboxylic acids is 1. The van der Waals surface area contributed by atoms with Crippen LogP contribution in [0.1, 0.15) is 17.0 Å². The summed E-state index contributed by atoms with van der Waals surface area (Å²) in [5.41, 5.74) is 4.13. The number of hydrogen-bond donors (Lipinski definition) is 1. The normalized spacial score (nSPS) is 11.5. The maximum atomic E-state index is 12.0. The second-order valence-corrected chi connectivity index (χ2v) is 8.96. The van der Waals surface area contributed by atoms with Crippen molar-refractivity contribution in [3.05, 3.63) is 75.4 Å². The Balaban J connectivity index is 1.64. The Morgan fingerprint density at radius 1 is 1.06 bits per heavy atom. The number of thioether (sulfide) groups is 1. The summed E-state index contributed by atoms with van der Waals surface area (Å²) in [5, 5.41) is 18.6. The van der Waals surface area contributed by atoms with Crippen molar-refractivity contribution >= 4 is 35.4 Å². The molecule has 0 unspecified atom stereocenters. The lowest BCUT2D eigenvalue weighted by atomic mass is 10.2. The number of aryl methyl sites for hydroxylation is 1. The first-order valence-corrected chi connectivity index (χ1v) is 11.6. The van der Waals surface area contributed by atoms with E-state index in [1.54, 1.807) is 38.5 Å². The van der Waals surface area contributed by atoms with Crippen LogP contribution in [0.4, 0.5) is 0 Å². The molecule has 0 fully saturated rings. The molecule has 2 aromatic heterocycles. The molecule has 2 aromatic carbocycles. The average molecular weight is 512 g/mol. The molecule has 0 saturated heterocycles. The first kappa shape index (κ1) is 24.4. The molecule has 180 valence electrons. The van der Waals surface area contributed by atoms with Gasteiger partial charge in [-0.1, -0.05) is 11.6 Å². The van der Waals surface area contributed by atoms with E-state index in [4.69, 9.17) is 25.5 Å². The molecule has 1 N–H and O–H groups in total. The summed E-state index contributed by atoms with van der Waals surface area (Å²) in [7, 11) is 3.09. The third kappa shape index (κ3) is 5.36. The van der Waals surface area contributed by atoms with Crippen LogP contribution in [0.25, 0.3) is 23.2 Å². The van der Waals surface area contributed by atoms with Gasteiger partial charge in [0.2, 0.25) is 5.89 Å². The average Bonchev–Trinajstić information content (AvgIpc) is 3.43. The van der Waals surface area contributed by atoms with Gasteiger partial charge in [0.25, 0.3) is 5.22 Å². The molecular formula is C25H22ClN3O5S. The molecule has 10 heteroatoms. The molecule has 0 bridgehead atoms. The largest absolute Gasteiger partial charge is 0.497 e. The topological polar surface area (TPSA) is 99.6 Å². The molecule has 4 rings (SSSR count). The van der Waals surface area contributed by atoms with Crippen molar-refractivity contribution in [2.45, 2.75) is 19.1 Å². The smallest absolute Gasteiger partial charge is 0.342 e. The fourth-order valence-electron chi connectivity index (χ4n) is 3.59. The van der Waals surface area contributed by atoms with Crippen LogP contribution in [0.5, 0.6) is 11.5 Å². The maximum absolute atomic E-state index is 12.0. The van der Waals surface area contributed by atoms with Crippen LogP contribution in [-0.2, 0) is 4.79 Å². The number of methoxy groups -OCH3 is 2. The van der Waals surface area contributed by atoms with Crippen molar-refractivity contribution in [1.29, 1.82) is 0 Å². The van der Waals surface area contributed by atoms with Crippen molar-refractivity contribution in [2.24, 2.45) is 0 Å². The first-order chi connectivity index (χ1) is 16.8. The summed E-state index contributed by atoms with van der Waals surface area (Å²) < 4.78 is 18.3. The van der Waals surface area contributed by atoms with Crippen LogP contribution in [0.2, 0.25) is 5.02 Å². The molecule has 0 atom stereocenters. The highest BCUT2D eigenvalue weighted by Crippen LogP contribution is 2.34. The van der Waals surface area contributed by atoms with E-state index in [1.807, 2.05) is 48.7 Å². The molecule has 0 radical (unpaired) electrons. The number of halogens is 1. The Bertz CT molecular complexity index is 1390. The minimum absolute atomic E-state index is 0.0415. The predicted octanol–water partition coefficient (Wildman–Crippen LogP) is 6.03. The van der Waals surface area contributed by atoms with Gasteiger partial charge in [0.15, 0.2) is 0 Å². The lowest BCUT2D eigenvalue weighted by Gasteiger charge is -2.09. The number of ether oxygens (including phenoxy) is 2. The van der Waals surface area contributed by atoms with E-state index in [2.05, 4.69) is 10.2 Å². The molecule has 0 aliphatic rings. The van der Waals surface area contributed by atoms with Crippen molar-refractivity contribution in [3.63, 3.8) is 0 Å². The summed E-state index contributed by atoms with van der Waals surface area (Å²) in [5.74, 6) is 0.243. The van der Waals surface area contributed by atoms with Crippen LogP contribution in [-0.4, -0.2) is 40.1 Å². The van der Waals surface area contributed by atoms with E-state index in [-0.39, 0.29) is 16.0 Å².